The van der Waals surface area contributed by atoms with Gasteiger partial charge in [0.1, 0.15) is 4.90 Å². The molecule has 2 N–H and O–H groups in total. The van der Waals surface area contributed by atoms with Gasteiger partial charge < -0.3 is 5.73 Å². The summed E-state index contributed by atoms with van der Waals surface area (Å²) in [7, 11) is -3.59. The fourth-order valence-corrected chi connectivity index (χ4v) is 5.25. The molecule has 1 heterocycles. The summed E-state index contributed by atoms with van der Waals surface area (Å²) in [5.74, 6) is 0.154. The van der Waals surface area contributed by atoms with Crippen LogP contribution >= 0.6 is 27.5 Å². The molecule has 1 aromatic carbocycles. The lowest BCUT2D eigenvalue weighted by molar-refractivity contribution is 0.464. The zero-order valence-electron chi connectivity index (χ0n) is 9.81. The summed E-state index contributed by atoms with van der Waals surface area (Å²) in [6.45, 7) is 2.71. The van der Waals surface area contributed by atoms with Crippen molar-refractivity contribution in [3.63, 3.8) is 0 Å². The maximum Gasteiger partial charge on any atom is 0.245 e. The van der Waals surface area contributed by atoms with E-state index in [0.29, 0.717) is 17.6 Å². The monoisotopic (exact) mass is 352 g/mol. The molecule has 1 aromatic rings. The second-order valence-electron chi connectivity index (χ2n) is 4.51. The maximum atomic E-state index is 12.5. The number of benzene rings is 1. The summed E-state index contributed by atoms with van der Waals surface area (Å²) < 4.78 is 26.9. The van der Waals surface area contributed by atoms with Crippen molar-refractivity contribution in [2.24, 2.45) is 11.7 Å². The first-order valence-electron chi connectivity index (χ1n) is 5.53. The number of sulfonamides is 1. The predicted molar refractivity (Wildman–Crippen MR) is 75.1 cm³/mol. The molecule has 18 heavy (non-hydrogen) atoms. The molecule has 2 rings (SSSR count). The Labute approximate surface area is 120 Å². The summed E-state index contributed by atoms with van der Waals surface area (Å²) in [6, 6.07) is 4.81. The Hall–Kier alpha value is -0.140. The van der Waals surface area contributed by atoms with E-state index in [9.17, 15) is 8.42 Å². The predicted octanol–water partition coefficient (Wildman–Crippen LogP) is 2.07. The summed E-state index contributed by atoms with van der Waals surface area (Å²) in [5, 5.41) is 0.220. The van der Waals surface area contributed by atoms with Gasteiger partial charge in [-0.25, -0.2) is 8.42 Å². The molecule has 1 saturated heterocycles. The average Bonchev–Trinajstić information content (AvgIpc) is 2.59. The number of nitrogens with zero attached hydrogens (tertiary/aromatic N) is 1. The van der Waals surface area contributed by atoms with Gasteiger partial charge in [0.2, 0.25) is 10.0 Å². The van der Waals surface area contributed by atoms with Gasteiger partial charge in [-0.15, -0.1) is 0 Å². The fraction of sp³-hybridized carbons (Fsp3) is 0.455. The third-order valence-corrected chi connectivity index (χ3v) is 6.44. The smallest absolute Gasteiger partial charge is 0.245 e. The first-order valence-corrected chi connectivity index (χ1v) is 8.15. The van der Waals surface area contributed by atoms with Crippen molar-refractivity contribution in [3.05, 3.63) is 27.7 Å². The van der Waals surface area contributed by atoms with E-state index in [2.05, 4.69) is 15.9 Å². The highest BCUT2D eigenvalue weighted by Gasteiger charge is 2.37. The van der Waals surface area contributed by atoms with Crippen molar-refractivity contribution in [2.75, 3.05) is 13.1 Å². The highest BCUT2D eigenvalue weighted by atomic mass is 79.9. The third-order valence-electron chi connectivity index (χ3n) is 3.15. The Balaban J connectivity index is 2.44. The normalized spacial score (nSPS) is 25.6. The zero-order chi connectivity index (χ0) is 13.5. The Morgan fingerprint density at radius 3 is 2.61 bits per heavy atom. The van der Waals surface area contributed by atoms with Crippen LogP contribution in [-0.2, 0) is 10.0 Å². The van der Waals surface area contributed by atoms with E-state index in [1.165, 1.54) is 4.31 Å². The molecule has 2 unspecified atom stereocenters. The van der Waals surface area contributed by atoms with Crippen LogP contribution < -0.4 is 5.73 Å². The van der Waals surface area contributed by atoms with Gasteiger partial charge in [-0.05, 0) is 34.0 Å². The Kier molecular flexibility index (Phi) is 4.04. The molecule has 0 aromatic heterocycles. The van der Waals surface area contributed by atoms with Crippen LogP contribution in [0.15, 0.2) is 27.6 Å². The van der Waals surface area contributed by atoms with Gasteiger partial charge >= 0.3 is 0 Å². The molecule has 0 saturated carbocycles. The molecule has 0 radical (unpaired) electrons. The lowest BCUT2D eigenvalue weighted by Crippen LogP contribution is -2.32. The van der Waals surface area contributed by atoms with Crippen molar-refractivity contribution in [2.45, 2.75) is 17.9 Å². The molecular weight excluding hydrogens is 340 g/mol. The minimum atomic E-state index is -3.59. The molecule has 0 aliphatic carbocycles. The summed E-state index contributed by atoms with van der Waals surface area (Å²) in [4.78, 5) is 0.118. The minimum absolute atomic E-state index is 0.118. The minimum Gasteiger partial charge on any atom is -0.326 e. The van der Waals surface area contributed by atoms with Gasteiger partial charge in [0.05, 0.1) is 5.02 Å². The van der Waals surface area contributed by atoms with Crippen molar-refractivity contribution >= 4 is 37.6 Å². The van der Waals surface area contributed by atoms with Gasteiger partial charge in [0.15, 0.2) is 0 Å². The molecule has 100 valence electrons. The van der Waals surface area contributed by atoms with Crippen LogP contribution in [0.3, 0.4) is 0 Å². The quantitative estimate of drug-likeness (QED) is 0.885. The van der Waals surface area contributed by atoms with E-state index in [4.69, 9.17) is 17.3 Å². The number of hydrogen-bond acceptors (Lipinski definition) is 3. The molecule has 1 aliphatic heterocycles. The summed E-state index contributed by atoms with van der Waals surface area (Å²) >= 11 is 9.24. The topological polar surface area (TPSA) is 63.4 Å². The van der Waals surface area contributed by atoms with E-state index in [-0.39, 0.29) is 21.9 Å². The number of hydrogen-bond donors (Lipinski definition) is 1. The van der Waals surface area contributed by atoms with Crippen LogP contribution in [0.2, 0.25) is 5.02 Å². The molecule has 7 heteroatoms. The van der Waals surface area contributed by atoms with E-state index in [1.54, 1.807) is 18.2 Å². The molecule has 4 nitrogen and oxygen atoms in total. The standard InChI is InChI=1S/C11H14BrClN2O2S/c1-7-5-15(6-10(7)14)18(16,17)11-8(12)3-2-4-9(11)13/h2-4,7,10H,5-6,14H2,1H3. The molecule has 0 bridgehead atoms. The van der Waals surface area contributed by atoms with Crippen LogP contribution in [0.25, 0.3) is 0 Å². The fourth-order valence-electron chi connectivity index (χ4n) is 2.00. The Bertz CT molecular complexity index is 534. The highest BCUT2D eigenvalue weighted by molar-refractivity contribution is 9.10. The number of rotatable bonds is 2. The maximum absolute atomic E-state index is 12.5. The van der Waals surface area contributed by atoms with E-state index >= 15 is 0 Å². The Morgan fingerprint density at radius 2 is 2.11 bits per heavy atom. The van der Waals surface area contributed by atoms with Gasteiger partial charge in [0, 0.05) is 23.6 Å². The second-order valence-corrected chi connectivity index (χ2v) is 7.65. The van der Waals surface area contributed by atoms with E-state index < -0.39 is 10.0 Å². The first kappa shape index (κ1) is 14.3. The lowest BCUT2D eigenvalue weighted by atomic mass is 10.1. The van der Waals surface area contributed by atoms with Gasteiger partial charge in [-0.1, -0.05) is 24.6 Å². The van der Waals surface area contributed by atoms with E-state index in [0.717, 1.165) is 0 Å². The average molecular weight is 354 g/mol. The molecule has 0 amide bonds. The summed E-state index contributed by atoms with van der Waals surface area (Å²) in [6.07, 6.45) is 0. The Morgan fingerprint density at radius 1 is 1.44 bits per heavy atom. The first-order chi connectivity index (χ1) is 8.34. The van der Waals surface area contributed by atoms with Crippen molar-refractivity contribution in [3.8, 4) is 0 Å². The molecular formula is C11H14BrClN2O2S. The summed E-state index contributed by atoms with van der Waals surface area (Å²) in [5.41, 5.74) is 5.87. The molecule has 2 atom stereocenters. The molecule has 1 aliphatic rings. The lowest BCUT2D eigenvalue weighted by Gasteiger charge is -2.18. The van der Waals surface area contributed by atoms with Crippen LogP contribution in [0.5, 0.6) is 0 Å². The van der Waals surface area contributed by atoms with Crippen LogP contribution in [0.1, 0.15) is 6.92 Å². The second kappa shape index (κ2) is 5.09. The van der Waals surface area contributed by atoms with Crippen LogP contribution in [-0.4, -0.2) is 31.9 Å². The van der Waals surface area contributed by atoms with Gasteiger partial charge in [-0.2, -0.15) is 4.31 Å². The van der Waals surface area contributed by atoms with Crippen LogP contribution in [0.4, 0.5) is 0 Å². The zero-order valence-corrected chi connectivity index (χ0v) is 13.0. The third kappa shape index (κ3) is 2.44. The molecule has 1 fully saturated rings. The van der Waals surface area contributed by atoms with Crippen molar-refractivity contribution in [1.29, 1.82) is 0 Å². The highest BCUT2D eigenvalue weighted by Crippen LogP contribution is 2.33. The molecule has 0 spiro atoms. The van der Waals surface area contributed by atoms with Crippen LogP contribution in [0, 0.1) is 5.92 Å². The van der Waals surface area contributed by atoms with Gasteiger partial charge in [-0.3, -0.25) is 0 Å². The van der Waals surface area contributed by atoms with E-state index in [1.807, 2.05) is 6.92 Å². The van der Waals surface area contributed by atoms with Crippen molar-refractivity contribution in [1.82, 2.24) is 4.31 Å². The SMILES string of the molecule is CC1CN(S(=O)(=O)c2c(Cl)cccc2Br)CC1N. The number of halogens is 2. The van der Waals surface area contributed by atoms with Crippen molar-refractivity contribution < 1.29 is 8.42 Å². The number of nitrogens with two attached hydrogens (primary N) is 1. The van der Waals surface area contributed by atoms with Gasteiger partial charge in [0.25, 0.3) is 0 Å². The largest absolute Gasteiger partial charge is 0.326 e.